The highest BCUT2D eigenvalue weighted by molar-refractivity contribution is 6.33. The topological polar surface area (TPSA) is 41.6 Å². The zero-order valence-corrected chi connectivity index (χ0v) is 9.92. The Morgan fingerprint density at radius 3 is 2.56 bits per heavy atom. The first-order valence-corrected chi connectivity index (χ1v) is 5.31. The number of hydrogen-bond donors (Lipinski definition) is 0. The van der Waals surface area contributed by atoms with Gasteiger partial charge in [-0.2, -0.15) is 10.4 Å². The molecule has 0 spiro atoms. The van der Waals surface area contributed by atoms with E-state index in [2.05, 4.69) is 5.10 Å². The maximum atomic E-state index is 8.91. The van der Waals surface area contributed by atoms with Crippen LogP contribution in [0.2, 0.25) is 10.2 Å². The molecule has 3 nitrogen and oxygen atoms in total. The van der Waals surface area contributed by atoms with Crippen LogP contribution in [0.25, 0.3) is 5.69 Å². The van der Waals surface area contributed by atoms with Gasteiger partial charge in [-0.15, -0.1) is 0 Å². The van der Waals surface area contributed by atoms with E-state index in [1.807, 2.05) is 18.2 Å². The number of para-hydroxylation sites is 1. The van der Waals surface area contributed by atoms with Gasteiger partial charge in [-0.25, -0.2) is 4.68 Å². The van der Waals surface area contributed by atoms with Crippen molar-refractivity contribution < 1.29 is 0 Å². The first-order chi connectivity index (χ1) is 7.65. The summed E-state index contributed by atoms with van der Waals surface area (Å²) >= 11 is 12.1. The molecule has 0 radical (unpaired) electrons. The van der Waals surface area contributed by atoms with E-state index in [9.17, 15) is 0 Å². The van der Waals surface area contributed by atoms with E-state index in [0.717, 1.165) is 0 Å². The lowest BCUT2D eigenvalue weighted by Crippen LogP contribution is -1.97. The molecule has 1 aromatic carbocycles. The van der Waals surface area contributed by atoms with Crippen molar-refractivity contribution in [2.75, 3.05) is 0 Å². The summed E-state index contributed by atoms with van der Waals surface area (Å²) in [7, 11) is 0. The van der Waals surface area contributed by atoms with Gasteiger partial charge < -0.3 is 0 Å². The fourth-order valence-corrected chi connectivity index (χ4v) is 1.93. The predicted molar refractivity (Wildman–Crippen MR) is 63.0 cm³/mol. The third-order valence-corrected chi connectivity index (χ3v) is 2.87. The Kier molecular flexibility index (Phi) is 2.86. The first-order valence-electron chi connectivity index (χ1n) is 4.55. The zero-order valence-electron chi connectivity index (χ0n) is 8.41. The second-order valence-corrected chi connectivity index (χ2v) is 3.99. The minimum atomic E-state index is 0.285. The van der Waals surface area contributed by atoms with E-state index in [0.29, 0.717) is 22.0 Å². The van der Waals surface area contributed by atoms with Crippen LogP contribution in [0.3, 0.4) is 0 Å². The highest BCUT2D eigenvalue weighted by Gasteiger charge is 2.15. The Hall–Kier alpha value is -1.50. The highest BCUT2D eigenvalue weighted by Crippen LogP contribution is 2.26. The lowest BCUT2D eigenvalue weighted by atomic mass is 10.3. The Labute approximate surface area is 103 Å². The van der Waals surface area contributed by atoms with E-state index >= 15 is 0 Å². The third kappa shape index (κ3) is 1.67. The van der Waals surface area contributed by atoms with E-state index < -0.39 is 0 Å². The van der Waals surface area contributed by atoms with Gasteiger partial charge in [0.2, 0.25) is 0 Å². The van der Waals surface area contributed by atoms with Crippen LogP contribution in [0.1, 0.15) is 11.3 Å². The van der Waals surface area contributed by atoms with E-state index in [4.69, 9.17) is 28.5 Å². The molecule has 1 heterocycles. The largest absolute Gasteiger partial charge is 0.219 e. The molecular formula is C11H7Cl2N3. The third-order valence-electron chi connectivity index (χ3n) is 2.20. The molecule has 2 aromatic rings. The van der Waals surface area contributed by atoms with Gasteiger partial charge in [0.25, 0.3) is 0 Å². The SMILES string of the molecule is Cc1nn(-c2ccccc2Cl)c(Cl)c1C#N. The molecule has 16 heavy (non-hydrogen) atoms. The second-order valence-electron chi connectivity index (χ2n) is 3.23. The van der Waals surface area contributed by atoms with E-state index in [1.54, 1.807) is 19.1 Å². The lowest BCUT2D eigenvalue weighted by Gasteiger charge is -2.04. The summed E-state index contributed by atoms with van der Waals surface area (Å²) in [6.45, 7) is 1.73. The minimum absolute atomic E-state index is 0.285. The van der Waals surface area contributed by atoms with Gasteiger partial charge in [-0.1, -0.05) is 35.3 Å². The van der Waals surface area contributed by atoms with Gasteiger partial charge in [0, 0.05) is 0 Å². The monoisotopic (exact) mass is 251 g/mol. The quantitative estimate of drug-likeness (QED) is 0.780. The van der Waals surface area contributed by atoms with Crippen LogP contribution < -0.4 is 0 Å². The van der Waals surface area contributed by atoms with E-state index in [-0.39, 0.29) is 5.15 Å². The average molecular weight is 252 g/mol. The van der Waals surface area contributed by atoms with Gasteiger partial charge in [0.05, 0.1) is 16.4 Å². The van der Waals surface area contributed by atoms with Crippen LogP contribution in [0, 0.1) is 18.3 Å². The lowest BCUT2D eigenvalue weighted by molar-refractivity contribution is 0.863. The molecule has 0 aliphatic heterocycles. The van der Waals surface area contributed by atoms with Crippen LogP contribution in [0.5, 0.6) is 0 Å². The number of aromatic nitrogens is 2. The van der Waals surface area contributed by atoms with Gasteiger partial charge in [0.15, 0.2) is 5.15 Å². The molecule has 0 saturated carbocycles. The summed E-state index contributed by atoms with van der Waals surface area (Å²) in [5, 5.41) is 13.9. The molecule has 0 amide bonds. The molecular weight excluding hydrogens is 245 g/mol. The van der Waals surface area contributed by atoms with Gasteiger partial charge in [0.1, 0.15) is 11.6 Å². The van der Waals surface area contributed by atoms with Crippen molar-refractivity contribution in [3.8, 4) is 11.8 Å². The van der Waals surface area contributed by atoms with Crippen LogP contribution in [0.15, 0.2) is 24.3 Å². The Balaban J connectivity index is 2.68. The molecule has 5 heteroatoms. The molecule has 0 aliphatic rings. The fourth-order valence-electron chi connectivity index (χ4n) is 1.41. The van der Waals surface area contributed by atoms with Gasteiger partial charge in [-0.3, -0.25) is 0 Å². The van der Waals surface area contributed by atoms with E-state index in [1.165, 1.54) is 4.68 Å². The molecule has 80 valence electrons. The molecule has 0 saturated heterocycles. The van der Waals surface area contributed by atoms with Crippen LogP contribution in [-0.4, -0.2) is 9.78 Å². The molecule has 0 fully saturated rings. The normalized spacial score (nSPS) is 10.1. The number of nitriles is 1. The van der Waals surface area contributed by atoms with Crippen molar-refractivity contribution in [2.45, 2.75) is 6.92 Å². The van der Waals surface area contributed by atoms with Crippen molar-refractivity contribution in [2.24, 2.45) is 0 Å². The van der Waals surface area contributed by atoms with Crippen LogP contribution in [0.4, 0.5) is 0 Å². The average Bonchev–Trinajstić information content (AvgIpc) is 2.55. The summed E-state index contributed by atoms with van der Waals surface area (Å²) in [6, 6.07) is 9.21. The molecule has 1 aromatic heterocycles. The minimum Gasteiger partial charge on any atom is -0.219 e. The maximum Gasteiger partial charge on any atom is 0.150 e. The molecule has 0 unspecified atom stereocenters. The Morgan fingerprint density at radius 2 is 2.00 bits per heavy atom. The van der Waals surface area contributed by atoms with Crippen LogP contribution >= 0.6 is 23.2 Å². The summed E-state index contributed by atoms with van der Waals surface area (Å²) in [4.78, 5) is 0. The molecule has 0 bridgehead atoms. The number of rotatable bonds is 1. The molecule has 0 atom stereocenters. The number of hydrogen-bond acceptors (Lipinski definition) is 2. The molecule has 0 N–H and O–H groups in total. The van der Waals surface area contributed by atoms with Crippen molar-refractivity contribution in [3.63, 3.8) is 0 Å². The summed E-state index contributed by atoms with van der Waals surface area (Å²) in [6.07, 6.45) is 0. The summed E-state index contributed by atoms with van der Waals surface area (Å²) < 4.78 is 1.47. The Bertz CT molecular complexity index is 581. The Morgan fingerprint density at radius 1 is 1.31 bits per heavy atom. The van der Waals surface area contributed by atoms with Crippen LogP contribution in [-0.2, 0) is 0 Å². The second kappa shape index (κ2) is 4.17. The molecule has 0 aliphatic carbocycles. The van der Waals surface area contributed by atoms with Crippen molar-refractivity contribution in [3.05, 3.63) is 45.7 Å². The first kappa shape index (κ1) is 11.0. The zero-order chi connectivity index (χ0) is 11.7. The van der Waals surface area contributed by atoms with Crippen molar-refractivity contribution >= 4 is 23.2 Å². The highest BCUT2D eigenvalue weighted by atomic mass is 35.5. The summed E-state index contributed by atoms with van der Waals surface area (Å²) in [5.41, 5.74) is 1.63. The van der Waals surface area contributed by atoms with Crippen molar-refractivity contribution in [1.29, 1.82) is 5.26 Å². The number of aryl methyl sites for hydroxylation is 1. The number of benzene rings is 1. The standard InChI is InChI=1S/C11H7Cl2N3/c1-7-8(6-14)11(13)16(15-7)10-5-3-2-4-9(10)12/h2-5H,1H3. The number of halogens is 2. The van der Waals surface area contributed by atoms with Gasteiger partial charge in [-0.05, 0) is 19.1 Å². The molecule has 2 rings (SSSR count). The number of nitrogens with zero attached hydrogens (tertiary/aromatic N) is 3. The summed E-state index contributed by atoms with van der Waals surface area (Å²) in [5.74, 6) is 0. The maximum absolute atomic E-state index is 8.91. The fraction of sp³-hybridized carbons (Fsp3) is 0.0909. The van der Waals surface area contributed by atoms with Crippen molar-refractivity contribution in [1.82, 2.24) is 9.78 Å². The van der Waals surface area contributed by atoms with Gasteiger partial charge >= 0.3 is 0 Å². The smallest absolute Gasteiger partial charge is 0.150 e. The predicted octanol–water partition coefficient (Wildman–Crippen LogP) is 3.36.